The van der Waals surface area contributed by atoms with E-state index in [1.165, 1.54) is 5.01 Å². The number of esters is 1. The predicted octanol–water partition coefficient (Wildman–Crippen LogP) is 3.05. The first-order valence-electron chi connectivity index (χ1n) is 13.7. The summed E-state index contributed by atoms with van der Waals surface area (Å²) in [5.74, 6) is -1.62. The zero-order chi connectivity index (χ0) is 28.1. The van der Waals surface area contributed by atoms with Gasteiger partial charge in [-0.3, -0.25) is 24.2 Å². The second kappa shape index (κ2) is 12.4. The topological polar surface area (TPSA) is 117 Å². The van der Waals surface area contributed by atoms with Crippen molar-refractivity contribution in [2.45, 2.75) is 77.6 Å². The average Bonchev–Trinajstić information content (AvgIpc) is 2.94. The Labute approximate surface area is 229 Å². The van der Waals surface area contributed by atoms with Crippen molar-refractivity contribution in [3.05, 3.63) is 59.7 Å². The van der Waals surface area contributed by atoms with Crippen molar-refractivity contribution in [3.63, 3.8) is 0 Å². The van der Waals surface area contributed by atoms with Crippen LogP contribution in [0.25, 0.3) is 11.1 Å². The maximum Gasteiger partial charge on any atom is 0.325 e. The molecule has 0 spiro atoms. The molecule has 208 valence electrons. The van der Waals surface area contributed by atoms with Crippen LogP contribution in [0, 0.1) is 5.92 Å². The smallest absolute Gasteiger partial charge is 0.325 e. The van der Waals surface area contributed by atoms with Crippen molar-refractivity contribution in [1.29, 1.82) is 0 Å². The van der Waals surface area contributed by atoms with Crippen LogP contribution in [-0.4, -0.2) is 53.4 Å². The Kier molecular flexibility index (Phi) is 9.01. The number of amides is 3. The number of fused-ring (bicyclic) bond motifs is 12. The van der Waals surface area contributed by atoms with E-state index >= 15 is 0 Å². The summed E-state index contributed by atoms with van der Waals surface area (Å²) in [6.07, 6.45) is 1.43. The van der Waals surface area contributed by atoms with Gasteiger partial charge >= 0.3 is 5.97 Å². The van der Waals surface area contributed by atoms with Gasteiger partial charge in [0.2, 0.25) is 11.8 Å². The zero-order valence-electron chi connectivity index (χ0n) is 23.0. The summed E-state index contributed by atoms with van der Waals surface area (Å²) in [5.41, 5.74) is 6.87. The molecule has 2 aromatic carbocycles. The summed E-state index contributed by atoms with van der Waals surface area (Å²) in [6.45, 7) is 7.53. The molecule has 9 nitrogen and oxygen atoms in total. The number of hydrazine groups is 1. The molecule has 0 radical (unpaired) electrons. The van der Waals surface area contributed by atoms with E-state index < -0.39 is 36.1 Å². The molecule has 3 N–H and O–H groups in total. The number of aryl methyl sites for hydroxylation is 1. The summed E-state index contributed by atoms with van der Waals surface area (Å²) in [6, 6.07) is 13.6. The molecule has 1 saturated heterocycles. The Morgan fingerprint density at radius 1 is 0.923 bits per heavy atom. The monoisotopic (exact) mass is 534 g/mol. The third kappa shape index (κ3) is 7.03. The molecule has 3 aliphatic rings. The fourth-order valence-corrected chi connectivity index (χ4v) is 4.91. The van der Waals surface area contributed by atoms with Crippen molar-refractivity contribution in [3.8, 4) is 11.1 Å². The molecule has 1 fully saturated rings. The highest BCUT2D eigenvalue weighted by atomic mass is 16.5. The van der Waals surface area contributed by atoms with Gasteiger partial charge in [-0.1, -0.05) is 56.3 Å². The molecule has 9 heteroatoms. The highest BCUT2D eigenvalue weighted by Crippen LogP contribution is 2.26. The fourth-order valence-electron chi connectivity index (χ4n) is 4.91. The Morgan fingerprint density at radius 2 is 1.67 bits per heavy atom. The minimum Gasteiger partial charge on any atom is -0.457 e. The van der Waals surface area contributed by atoms with Crippen LogP contribution in [0.5, 0.6) is 0 Å². The van der Waals surface area contributed by atoms with Crippen molar-refractivity contribution in [2.75, 3.05) is 6.54 Å². The molecule has 6 bridgehead atoms. The fraction of sp³-hybridized carbons (Fsp3) is 0.467. The van der Waals surface area contributed by atoms with Gasteiger partial charge in [-0.05, 0) is 67.3 Å². The first kappa shape index (κ1) is 28.3. The van der Waals surface area contributed by atoms with Crippen LogP contribution < -0.4 is 16.1 Å². The number of ether oxygens (including phenoxy) is 1. The Morgan fingerprint density at radius 3 is 2.38 bits per heavy atom. The van der Waals surface area contributed by atoms with Crippen LogP contribution in [0.15, 0.2) is 48.5 Å². The van der Waals surface area contributed by atoms with E-state index in [9.17, 15) is 19.2 Å². The molecule has 2 aromatic rings. The third-order valence-electron chi connectivity index (χ3n) is 7.31. The molecule has 0 unspecified atom stereocenters. The molecular formula is C30H38N4O5. The van der Waals surface area contributed by atoms with Gasteiger partial charge in [0.25, 0.3) is 5.91 Å². The molecule has 0 aliphatic carbocycles. The Bertz CT molecular complexity index is 1210. The molecule has 3 amide bonds. The largest absolute Gasteiger partial charge is 0.457 e. The number of rotatable bonds is 1. The standard InChI is InChI=1S/C30H38N4O5/c1-18(2)27-28(36)31-19(3)29(37)34-16-6-9-25(33-34)30(38)39-20(4)23-7-5-8-24(17-23)22-13-10-21(11-14-22)12-15-26(35)32-27/h5,7-8,10-11,13-14,17-20,25,27,33H,6,9,12,15-16H2,1-4H3,(H,31,36)(H,32,35)/t19-,20+,25-,27-/m0/s1. The lowest BCUT2D eigenvalue weighted by molar-refractivity contribution is -0.157. The van der Waals surface area contributed by atoms with Crippen molar-refractivity contribution < 1.29 is 23.9 Å². The van der Waals surface area contributed by atoms with Crippen LogP contribution in [-0.2, 0) is 30.3 Å². The number of hydrogen-bond acceptors (Lipinski definition) is 6. The predicted molar refractivity (Wildman–Crippen MR) is 147 cm³/mol. The minimum atomic E-state index is -0.851. The van der Waals surface area contributed by atoms with E-state index in [4.69, 9.17) is 4.74 Å². The second-order valence-electron chi connectivity index (χ2n) is 10.7. The van der Waals surface area contributed by atoms with Crippen LogP contribution in [0.1, 0.15) is 64.2 Å². The zero-order valence-corrected chi connectivity index (χ0v) is 23.0. The molecule has 5 rings (SSSR count). The summed E-state index contributed by atoms with van der Waals surface area (Å²) >= 11 is 0. The Balaban J connectivity index is 1.61. The second-order valence-corrected chi connectivity index (χ2v) is 10.7. The van der Waals surface area contributed by atoms with Gasteiger partial charge in [-0.25, -0.2) is 5.43 Å². The van der Waals surface area contributed by atoms with E-state index in [1.54, 1.807) is 6.92 Å². The minimum absolute atomic E-state index is 0.175. The molecule has 39 heavy (non-hydrogen) atoms. The van der Waals surface area contributed by atoms with Gasteiger partial charge in [-0.15, -0.1) is 0 Å². The maximum absolute atomic E-state index is 13.1. The van der Waals surface area contributed by atoms with Crippen molar-refractivity contribution in [1.82, 2.24) is 21.1 Å². The van der Waals surface area contributed by atoms with Gasteiger partial charge in [-0.2, -0.15) is 0 Å². The van der Waals surface area contributed by atoms with E-state index in [1.807, 2.05) is 69.3 Å². The summed E-state index contributed by atoms with van der Waals surface area (Å²) in [4.78, 5) is 52.0. The lowest BCUT2D eigenvalue weighted by atomic mass is 9.98. The number of carbonyl (C=O) groups is 4. The van der Waals surface area contributed by atoms with Crippen LogP contribution in [0.3, 0.4) is 0 Å². The van der Waals surface area contributed by atoms with Gasteiger partial charge in [0, 0.05) is 13.0 Å². The van der Waals surface area contributed by atoms with E-state index in [2.05, 4.69) is 16.1 Å². The third-order valence-corrected chi connectivity index (χ3v) is 7.31. The molecule has 0 aromatic heterocycles. The maximum atomic E-state index is 13.1. The lowest BCUT2D eigenvalue weighted by Gasteiger charge is -2.35. The lowest BCUT2D eigenvalue weighted by Crippen LogP contribution is -2.61. The number of benzene rings is 2. The van der Waals surface area contributed by atoms with Crippen LogP contribution >= 0.6 is 0 Å². The summed E-state index contributed by atoms with van der Waals surface area (Å²) in [7, 11) is 0. The average molecular weight is 535 g/mol. The van der Waals surface area contributed by atoms with E-state index in [0.717, 1.165) is 22.3 Å². The van der Waals surface area contributed by atoms with Crippen LogP contribution in [0.4, 0.5) is 0 Å². The van der Waals surface area contributed by atoms with Crippen molar-refractivity contribution in [2.24, 2.45) is 5.92 Å². The highest BCUT2D eigenvalue weighted by molar-refractivity contribution is 5.92. The quantitative estimate of drug-likeness (QED) is 0.485. The molecule has 0 saturated carbocycles. The van der Waals surface area contributed by atoms with E-state index in [0.29, 0.717) is 25.8 Å². The highest BCUT2D eigenvalue weighted by Gasteiger charge is 2.33. The number of nitrogens with one attached hydrogen (secondary N) is 3. The first-order chi connectivity index (χ1) is 18.6. The normalized spacial score (nSPS) is 25.3. The number of carbonyl (C=O) groups excluding carboxylic acids is 4. The number of hydrogen-bond donors (Lipinski definition) is 3. The summed E-state index contributed by atoms with van der Waals surface area (Å²) < 4.78 is 5.80. The van der Waals surface area contributed by atoms with Gasteiger partial charge < -0.3 is 15.4 Å². The van der Waals surface area contributed by atoms with Gasteiger partial charge in [0.15, 0.2) is 0 Å². The van der Waals surface area contributed by atoms with Gasteiger partial charge in [0.05, 0.1) is 0 Å². The van der Waals surface area contributed by atoms with Crippen LogP contribution in [0.2, 0.25) is 0 Å². The molecule has 3 aliphatic heterocycles. The number of nitrogens with zero attached hydrogens (tertiary/aromatic N) is 1. The Hall–Kier alpha value is -3.72. The van der Waals surface area contributed by atoms with Crippen molar-refractivity contribution >= 4 is 23.7 Å². The molecule has 4 atom stereocenters. The van der Waals surface area contributed by atoms with Gasteiger partial charge in [0.1, 0.15) is 24.2 Å². The molecule has 3 heterocycles. The van der Waals surface area contributed by atoms with E-state index in [-0.39, 0.29) is 24.2 Å². The summed E-state index contributed by atoms with van der Waals surface area (Å²) in [5, 5.41) is 6.95. The molecular weight excluding hydrogens is 496 g/mol. The SMILES string of the molecule is CC(C)[C@@H]1NC(=O)CCc2ccc(cc2)-c2cccc(c2)[C@@H](C)OC(=O)[C@@H]2CCCN(N2)C(=O)[C@H](C)NC1=O. The first-order valence-corrected chi connectivity index (χ1v) is 13.7.